The predicted molar refractivity (Wildman–Crippen MR) is 55.0 cm³/mol. The van der Waals surface area contributed by atoms with Gasteiger partial charge in [0.2, 0.25) is 0 Å². The maximum Gasteiger partial charge on any atom is 0.332 e. The van der Waals surface area contributed by atoms with Crippen LogP contribution in [0.3, 0.4) is 0 Å². The van der Waals surface area contributed by atoms with Gasteiger partial charge < -0.3 is 5.11 Å². The molecule has 1 aromatic rings. The Morgan fingerprint density at radius 2 is 2.31 bits per heavy atom. The van der Waals surface area contributed by atoms with Crippen LogP contribution in [0.1, 0.15) is 5.56 Å². The Bertz CT molecular complexity index is 418. The summed E-state index contributed by atoms with van der Waals surface area (Å²) in [5.74, 6) is -1.11. The van der Waals surface area contributed by atoms with Crippen molar-refractivity contribution in [2.45, 2.75) is 6.92 Å². The van der Waals surface area contributed by atoms with Crippen LogP contribution in [0.4, 0.5) is 11.4 Å². The zero-order valence-corrected chi connectivity index (χ0v) is 8.47. The highest BCUT2D eigenvalue weighted by atomic mass is 16.7. The first-order valence-corrected chi connectivity index (χ1v) is 4.35. The quantitative estimate of drug-likeness (QED) is 0.580. The van der Waals surface area contributed by atoms with Gasteiger partial charge in [-0.25, -0.2) is 4.79 Å². The molecule has 0 aliphatic rings. The Hall–Kier alpha value is -2.15. The second-order valence-electron chi connectivity index (χ2n) is 3.04. The smallest absolute Gasteiger partial charge is 0.332 e. The summed E-state index contributed by atoms with van der Waals surface area (Å²) < 4.78 is 0. The zero-order valence-electron chi connectivity index (χ0n) is 8.47. The SMILES string of the molecule is Cc1cc(NOCC(=O)O)ccc1[N+](=O)[O-]. The van der Waals surface area contributed by atoms with Gasteiger partial charge in [-0.2, -0.15) is 0 Å². The van der Waals surface area contributed by atoms with E-state index in [0.29, 0.717) is 11.3 Å². The number of benzene rings is 1. The third-order valence-corrected chi connectivity index (χ3v) is 1.78. The average Bonchev–Trinajstić information content (AvgIpc) is 2.16. The number of carboxylic acids is 1. The zero-order chi connectivity index (χ0) is 12.1. The average molecular weight is 226 g/mol. The number of hydrogen-bond donors (Lipinski definition) is 2. The second kappa shape index (κ2) is 5.08. The van der Waals surface area contributed by atoms with Crippen molar-refractivity contribution in [2.75, 3.05) is 12.1 Å². The van der Waals surface area contributed by atoms with E-state index in [2.05, 4.69) is 10.3 Å². The third kappa shape index (κ3) is 3.21. The number of aliphatic carboxylic acids is 1. The molecule has 1 aromatic carbocycles. The molecule has 0 fully saturated rings. The molecule has 0 saturated carbocycles. The normalized spacial score (nSPS) is 9.81. The van der Waals surface area contributed by atoms with Crippen LogP contribution < -0.4 is 5.48 Å². The minimum absolute atomic E-state index is 0.00350. The lowest BCUT2D eigenvalue weighted by Gasteiger charge is -2.05. The number of nitrogens with one attached hydrogen (secondary N) is 1. The number of nitro groups is 1. The van der Waals surface area contributed by atoms with Crippen LogP contribution in [0.5, 0.6) is 0 Å². The second-order valence-corrected chi connectivity index (χ2v) is 3.04. The fourth-order valence-electron chi connectivity index (χ4n) is 1.10. The number of nitrogens with zero attached hydrogens (tertiary/aromatic N) is 1. The van der Waals surface area contributed by atoms with Gasteiger partial charge in [-0.05, 0) is 19.1 Å². The first-order valence-electron chi connectivity index (χ1n) is 4.35. The molecule has 0 aliphatic carbocycles. The highest BCUT2D eigenvalue weighted by molar-refractivity contribution is 5.68. The van der Waals surface area contributed by atoms with Crippen molar-refractivity contribution in [3.8, 4) is 0 Å². The standard InChI is InChI=1S/C9H10N2O5/c1-6-4-7(10-16-5-9(12)13)2-3-8(6)11(14)15/h2-4,10H,5H2,1H3,(H,12,13). The maximum atomic E-state index is 10.5. The molecule has 2 N–H and O–H groups in total. The topological polar surface area (TPSA) is 102 Å². The molecule has 0 bridgehead atoms. The Balaban J connectivity index is 2.66. The van der Waals surface area contributed by atoms with Gasteiger partial charge in [0.15, 0.2) is 6.61 Å². The Morgan fingerprint density at radius 3 is 2.81 bits per heavy atom. The van der Waals surface area contributed by atoms with Crippen LogP contribution in [0.15, 0.2) is 18.2 Å². The summed E-state index contributed by atoms with van der Waals surface area (Å²) in [7, 11) is 0. The summed E-state index contributed by atoms with van der Waals surface area (Å²) in [6, 6.07) is 4.26. The van der Waals surface area contributed by atoms with E-state index in [9.17, 15) is 14.9 Å². The maximum absolute atomic E-state index is 10.5. The first kappa shape index (κ1) is 11.9. The summed E-state index contributed by atoms with van der Waals surface area (Å²) >= 11 is 0. The molecule has 0 radical (unpaired) electrons. The predicted octanol–water partition coefficient (Wildman–Crippen LogP) is 1.33. The van der Waals surface area contributed by atoms with Gasteiger partial charge in [-0.15, -0.1) is 0 Å². The van der Waals surface area contributed by atoms with E-state index >= 15 is 0 Å². The highest BCUT2D eigenvalue weighted by Gasteiger charge is 2.10. The molecule has 7 heteroatoms. The number of carbonyl (C=O) groups is 1. The molecule has 86 valence electrons. The van der Waals surface area contributed by atoms with Gasteiger partial charge in [-0.1, -0.05) is 0 Å². The molecule has 16 heavy (non-hydrogen) atoms. The fraction of sp³-hybridized carbons (Fsp3) is 0.222. The molecule has 7 nitrogen and oxygen atoms in total. The number of rotatable bonds is 5. The number of nitro benzene ring substituents is 1. The molecule has 1 rings (SSSR count). The monoisotopic (exact) mass is 226 g/mol. The minimum atomic E-state index is -1.11. The summed E-state index contributed by atoms with van der Waals surface area (Å²) in [5, 5.41) is 18.8. The number of hydrogen-bond acceptors (Lipinski definition) is 5. The Labute approximate surface area is 90.8 Å². The van der Waals surface area contributed by atoms with Gasteiger partial charge in [0, 0.05) is 11.6 Å². The molecular weight excluding hydrogens is 216 g/mol. The molecule has 0 amide bonds. The van der Waals surface area contributed by atoms with Crippen LogP contribution in [0, 0.1) is 17.0 Å². The van der Waals surface area contributed by atoms with E-state index in [4.69, 9.17) is 5.11 Å². The largest absolute Gasteiger partial charge is 0.479 e. The molecule has 0 aliphatic heterocycles. The van der Waals surface area contributed by atoms with Crippen LogP contribution in [0.2, 0.25) is 0 Å². The van der Waals surface area contributed by atoms with E-state index in [1.165, 1.54) is 18.2 Å². The van der Waals surface area contributed by atoms with E-state index in [-0.39, 0.29) is 5.69 Å². The van der Waals surface area contributed by atoms with Gasteiger partial charge in [0.1, 0.15) is 0 Å². The van der Waals surface area contributed by atoms with Crippen LogP contribution in [-0.4, -0.2) is 22.6 Å². The van der Waals surface area contributed by atoms with Crippen molar-refractivity contribution in [1.29, 1.82) is 0 Å². The molecule has 0 unspecified atom stereocenters. The molecule has 0 atom stereocenters. The van der Waals surface area contributed by atoms with Crippen molar-refractivity contribution in [2.24, 2.45) is 0 Å². The van der Waals surface area contributed by atoms with Gasteiger partial charge in [0.25, 0.3) is 5.69 Å². The van der Waals surface area contributed by atoms with E-state index in [1.807, 2.05) is 0 Å². The van der Waals surface area contributed by atoms with Crippen molar-refractivity contribution in [1.82, 2.24) is 0 Å². The third-order valence-electron chi connectivity index (χ3n) is 1.78. The first-order chi connectivity index (χ1) is 7.50. The highest BCUT2D eigenvalue weighted by Crippen LogP contribution is 2.21. The summed E-state index contributed by atoms with van der Waals surface area (Å²) in [6.45, 7) is 1.09. The minimum Gasteiger partial charge on any atom is -0.479 e. The lowest BCUT2D eigenvalue weighted by atomic mass is 10.2. The van der Waals surface area contributed by atoms with Crippen molar-refractivity contribution < 1.29 is 19.7 Å². The summed E-state index contributed by atoms with van der Waals surface area (Å²) in [6.07, 6.45) is 0. The fourth-order valence-corrected chi connectivity index (χ4v) is 1.10. The van der Waals surface area contributed by atoms with Gasteiger partial charge in [0.05, 0.1) is 10.6 Å². The van der Waals surface area contributed by atoms with E-state index in [0.717, 1.165) is 0 Å². The van der Waals surface area contributed by atoms with Gasteiger partial charge >= 0.3 is 5.97 Å². The molecule has 0 heterocycles. The lowest BCUT2D eigenvalue weighted by Crippen LogP contribution is -2.11. The molecule has 0 saturated heterocycles. The van der Waals surface area contributed by atoms with E-state index in [1.54, 1.807) is 6.92 Å². The molecular formula is C9H10N2O5. The van der Waals surface area contributed by atoms with Crippen molar-refractivity contribution in [3.05, 3.63) is 33.9 Å². The van der Waals surface area contributed by atoms with E-state index < -0.39 is 17.5 Å². The summed E-state index contributed by atoms with van der Waals surface area (Å²) in [4.78, 5) is 24.8. The van der Waals surface area contributed by atoms with Crippen LogP contribution in [0.25, 0.3) is 0 Å². The van der Waals surface area contributed by atoms with Crippen LogP contribution >= 0.6 is 0 Å². The Kier molecular flexibility index (Phi) is 3.78. The van der Waals surface area contributed by atoms with Gasteiger partial charge in [-0.3, -0.25) is 20.4 Å². The van der Waals surface area contributed by atoms with Crippen molar-refractivity contribution >= 4 is 17.3 Å². The number of carboxylic acid groups (broad SMARTS) is 1. The van der Waals surface area contributed by atoms with Crippen molar-refractivity contribution in [3.63, 3.8) is 0 Å². The number of aryl methyl sites for hydroxylation is 1. The molecule has 0 aromatic heterocycles. The Morgan fingerprint density at radius 1 is 1.62 bits per heavy atom. The molecule has 0 spiro atoms. The number of anilines is 1. The van der Waals surface area contributed by atoms with Crippen LogP contribution in [-0.2, 0) is 9.63 Å². The lowest BCUT2D eigenvalue weighted by molar-refractivity contribution is -0.385. The summed E-state index contributed by atoms with van der Waals surface area (Å²) in [5.41, 5.74) is 3.31.